The Balaban J connectivity index is 1.88. The molecule has 2 aromatic carbocycles. The first kappa shape index (κ1) is 13.1. The van der Waals surface area contributed by atoms with E-state index in [0.717, 1.165) is 36.0 Å². The lowest BCUT2D eigenvalue weighted by Gasteiger charge is -2.21. The summed E-state index contributed by atoms with van der Waals surface area (Å²) >= 11 is 0. The zero-order chi connectivity index (χ0) is 14.1. The van der Waals surface area contributed by atoms with E-state index in [-0.39, 0.29) is 17.7 Å². The normalized spacial score (nSPS) is 17.6. The highest BCUT2D eigenvalue weighted by Gasteiger charge is 2.18. The SMILES string of the molecule is Cc1ccc(Oc2ccc3c(c2)CCCC3O)c(F)c1. The number of benzene rings is 2. The zero-order valence-electron chi connectivity index (χ0n) is 11.4. The van der Waals surface area contributed by atoms with Gasteiger partial charge in [0.05, 0.1) is 6.10 Å². The minimum Gasteiger partial charge on any atom is -0.454 e. The van der Waals surface area contributed by atoms with E-state index in [1.807, 2.05) is 25.1 Å². The van der Waals surface area contributed by atoms with E-state index < -0.39 is 0 Å². The summed E-state index contributed by atoms with van der Waals surface area (Å²) in [6.07, 6.45) is 2.32. The van der Waals surface area contributed by atoms with Gasteiger partial charge in [-0.25, -0.2) is 4.39 Å². The third-order valence-electron chi connectivity index (χ3n) is 3.71. The maximum absolute atomic E-state index is 13.8. The van der Waals surface area contributed by atoms with Crippen molar-refractivity contribution in [1.82, 2.24) is 0 Å². The van der Waals surface area contributed by atoms with Crippen molar-refractivity contribution in [2.45, 2.75) is 32.3 Å². The minimum absolute atomic E-state index is 0.229. The molecule has 1 atom stereocenters. The van der Waals surface area contributed by atoms with Gasteiger partial charge in [-0.2, -0.15) is 0 Å². The van der Waals surface area contributed by atoms with Crippen molar-refractivity contribution < 1.29 is 14.2 Å². The molecule has 3 heteroatoms. The Hall–Kier alpha value is -1.87. The molecule has 1 N–H and O–H groups in total. The number of rotatable bonds is 2. The Kier molecular flexibility index (Phi) is 3.45. The van der Waals surface area contributed by atoms with E-state index in [1.54, 1.807) is 12.1 Å². The molecule has 20 heavy (non-hydrogen) atoms. The molecular formula is C17H17FO2. The number of aliphatic hydroxyl groups excluding tert-OH is 1. The molecular weight excluding hydrogens is 255 g/mol. The van der Waals surface area contributed by atoms with Gasteiger partial charge >= 0.3 is 0 Å². The molecule has 0 saturated heterocycles. The maximum atomic E-state index is 13.8. The molecule has 3 rings (SSSR count). The fourth-order valence-corrected chi connectivity index (χ4v) is 2.64. The lowest BCUT2D eigenvalue weighted by Crippen LogP contribution is -2.08. The summed E-state index contributed by atoms with van der Waals surface area (Å²) in [6.45, 7) is 1.84. The predicted molar refractivity (Wildman–Crippen MR) is 75.6 cm³/mol. The van der Waals surface area contributed by atoms with Crippen LogP contribution in [-0.4, -0.2) is 5.11 Å². The number of hydrogen-bond donors (Lipinski definition) is 1. The number of ether oxygens (including phenoxy) is 1. The number of aryl methyl sites for hydroxylation is 2. The largest absolute Gasteiger partial charge is 0.454 e. The number of halogens is 1. The van der Waals surface area contributed by atoms with Gasteiger partial charge in [0.2, 0.25) is 0 Å². The van der Waals surface area contributed by atoms with E-state index in [1.165, 1.54) is 6.07 Å². The highest BCUT2D eigenvalue weighted by Crippen LogP contribution is 2.33. The molecule has 0 fully saturated rings. The van der Waals surface area contributed by atoms with Crippen molar-refractivity contribution in [2.24, 2.45) is 0 Å². The van der Waals surface area contributed by atoms with Crippen molar-refractivity contribution >= 4 is 0 Å². The van der Waals surface area contributed by atoms with Crippen LogP contribution in [-0.2, 0) is 6.42 Å². The van der Waals surface area contributed by atoms with Gasteiger partial charge in [-0.15, -0.1) is 0 Å². The number of aliphatic hydroxyl groups is 1. The second-order valence-electron chi connectivity index (χ2n) is 5.30. The number of hydrogen-bond acceptors (Lipinski definition) is 2. The van der Waals surface area contributed by atoms with Gasteiger partial charge in [0, 0.05) is 0 Å². The fourth-order valence-electron chi connectivity index (χ4n) is 2.64. The van der Waals surface area contributed by atoms with Crippen LogP contribution in [0.25, 0.3) is 0 Å². The van der Waals surface area contributed by atoms with E-state index in [0.29, 0.717) is 5.75 Å². The lowest BCUT2D eigenvalue weighted by molar-refractivity contribution is 0.156. The number of fused-ring (bicyclic) bond motifs is 1. The van der Waals surface area contributed by atoms with Crippen LogP contribution in [0.4, 0.5) is 4.39 Å². The first-order valence-electron chi connectivity index (χ1n) is 6.88. The summed E-state index contributed by atoms with van der Waals surface area (Å²) in [6, 6.07) is 10.5. The van der Waals surface area contributed by atoms with Crippen molar-refractivity contribution in [1.29, 1.82) is 0 Å². The smallest absolute Gasteiger partial charge is 0.165 e. The molecule has 0 saturated carbocycles. The van der Waals surface area contributed by atoms with Crippen LogP contribution in [0.3, 0.4) is 0 Å². The fraction of sp³-hybridized carbons (Fsp3) is 0.294. The Bertz CT molecular complexity index is 637. The molecule has 0 spiro atoms. The van der Waals surface area contributed by atoms with Gasteiger partial charge in [0.1, 0.15) is 5.75 Å². The molecule has 0 bridgehead atoms. The van der Waals surface area contributed by atoms with Crippen LogP contribution in [0.1, 0.15) is 35.6 Å². The summed E-state index contributed by atoms with van der Waals surface area (Å²) in [4.78, 5) is 0. The molecule has 1 aliphatic carbocycles. The molecule has 2 aromatic rings. The topological polar surface area (TPSA) is 29.5 Å². The third-order valence-corrected chi connectivity index (χ3v) is 3.71. The van der Waals surface area contributed by atoms with Crippen LogP contribution in [0.5, 0.6) is 11.5 Å². The Labute approximate surface area is 117 Å². The summed E-state index contributed by atoms with van der Waals surface area (Å²) in [5.74, 6) is 0.482. The quantitative estimate of drug-likeness (QED) is 0.883. The average Bonchev–Trinajstić information content (AvgIpc) is 2.42. The van der Waals surface area contributed by atoms with Gasteiger partial charge in [-0.3, -0.25) is 0 Å². The van der Waals surface area contributed by atoms with Crippen LogP contribution in [0.15, 0.2) is 36.4 Å². The van der Waals surface area contributed by atoms with Crippen molar-refractivity contribution in [2.75, 3.05) is 0 Å². The molecule has 1 unspecified atom stereocenters. The molecule has 0 heterocycles. The third kappa shape index (κ3) is 2.54. The molecule has 1 aliphatic rings. The molecule has 0 amide bonds. The van der Waals surface area contributed by atoms with Crippen molar-refractivity contribution in [3.05, 3.63) is 58.9 Å². The highest BCUT2D eigenvalue weighted by molar-refractivity contribution is 5.41. The molecule has 0 radical (unpaired) electrons. The van der Waals surface area contributed by atoms with Gasteiger partial charge in [-0.1, -0.05) is 12.1 Å². The molecule has 2 nitrogen and oxygen atoms in total. The summed E-state index contributed by atoms with van der Waals surface area (Å²) in [7, 11) is 0. The summed E-state index contributed by atoms with van der Waals surface area (Å²) < 4.78 is 19.4. The van der Waals surface area contributed by atoms with Gasteiger partial charge in [-0.05, 0) is 67.1 Å². The van der Waals surface area contributed by atoms with E-state index in [4.69, 9.17) is 4.74 Å². The second-order valence-corrected chi connectivity index (χ2v) is 5.30. The van der Waals surface area contributed by atoms with E-state index in [9.17, 15) is 9.50 Å². The Morgan fingerprint density at radius 2 is 2.05 bits per heavy atom. The van der Waals surface area contributed by atoms with Crippen LogP contribution < -0.4 is 4.74 Å². The van der Waals surface area contributed by atoms with Crippen LogP contribution in [0, 0.1) is 12.7 Å². The molecule has 104 valence electrons. The summed E-state index contributed by atoms with van der Waals surface area (Å²) in [5.41, 5.74) is 2.92. The van der Waals surface area contributed by atoms with Gasteiger partial charge < -0.3 is 9.84 Å². The van der Waals surface area contributed by atoms with Gasteiger partial charge in [0.15, 0.2) is 11.6 Å². The standard InChI is InChI=1S/C17H17FO2/c1-11-5-8-17(15(18)9-11)20-13-6-7-14-12(10-13)3-2-4-16(14)19/h5-10,16,19H,2-4H2,1H3. The van der Waals surface area contributed by atoms with Crippen molar-refractivity contribution in [3.63, 3.8) is 0 Å². The predicted octanol–water partition coefficient (Wildman–Crippen LogP) is 4.30. The van der Waals surface area contributed by atoms with Crippen LogP contribution in [0.2, 0.25) is 0 Å². The Morgan fingerprint density at radius 3 is 2.85 bits per heavy atom. The van der Waals surface area contributed by atoms with E-state index >= 15 is 0 Å². The minimum atomic E-state index is -0.385. The zero-order valence-corrected chi connectivity index (χ0v) is 11.4. The second kappa shape index (κ2) is 5.25. The maximum Gasteiger partial charge on any atom is 0.165 e. The first-order chi connectivity index (χ1) is 9.63. The average molecular weight is 272 g/mol. The van der Waals surface area contributed by atoms with Crippen molar-refractivity contribution in [3.8, 4) is 11.5 Å². The molecule has 0 aliphatic heterocycles. The highest BCUT2D eigenvalue weighted by atomic mass is 19.1. The summed E-state index contributed by atoms with van der Waals surface area (Å²) in [5, 5.41) is 9.92. The van der Waals surface area contributed by atoms with E-state index in [2.05, 4.69) is 0 Å². The first-order valence-corrected chi connectivity index (χ1v) is 6.88. The Morgan fingerprint density at radius 1 is 1.20 bits per heavy atom. The monoisotopic (exact) mass is 272 g/mol. The van der Waals surface area contributed by atoms with Crippen LogP contribution >= 0.6 is 0 Å². The van der Waals surface area contributed by atoms with Gasteiger partial charge in [0.25, 0.3) is 0 Å². The molecule has 0 aromatic heterocycles. The lowest BCUT2D eigenvalue weighted by atomic mass is 9.89.